The molecular weight excluding hydrogens is 450 g/mol. The van der Waals surface area contributed by atoms with Crippen LogP contribution in [0.5, 0.6) is 11.5 Å². The van der Waals surface area contributed by atoms with Gasteiger partial charge < -0.3 is 19.2 Å². The van der Waals surface area contributed by atoms with Crippen molar-refractivity contribution in [3.05, 3.63) is 71.2 Å². The number of aromatic nitrogens is 1. The normalized spacial score (nSPS) is 10.6. The summed E-state index contributed by atoms with van der Waals surface area (Å²) in [5.74, 6) is 1.11. The predicted molar refractivity (Wildman–Crippen MR) is 128 cm³/mol. The Labute approximate surface area is 194 Å². The number of thiocarbonyl (C=S) groups is 1. The van der Waals surface area contributed by atoms with Crippen LogP contribution in [0.4, 0.5) is 5.69 Å². The van der Waals surface area contributed by atoms with Crippen LogP contribution in [0, 0.1) is 0 Å². The largest absolute Gasteiger partial charge is 0.497 e. The lowest BCUT2D eigenvalue weighted by atomic mass is 10.2. The van der Waals surface area contributed by atoms with E-state index in [-0.39, 0.29) is 11.0 Å². The highest BCUT2D eigenvalue weighted by atomic mass is 35.5. The van der Waals surface area contributed by atoms with Crippen LogP contribution in [-0.4, -0.2) is 30.2 Å². The van der Waals surface area contributed by atoms with Gasteiger partial charge in [-0.2, -0.15) is 0 Å². The Morgan fingerprint density at radius 1 is 1.00 bits per heavy atom. The summed E-state index contributed by atoms with van der Waals surface area (Å²) in [6.45, 7) is 0. The van der Waals surface area contributed by atoms with Crippen molar-refractivity contribution in [1.82, 2.24) is 10.3 Å². The van der Waals surface area contributed by atoms with Crippen molar-refractivity contribution in [3.8, 4) is 23.0 Å². The van der Waals surface area contributed by atoms with Gasteiger partial charge in [0.1, 0.15) is 17.0 Å². The van der Waals surface area contributed by atoms with Gasteiger partial charge in [-0.3, -0.25) is 10.1 Å². The van der Waals surface area contributed by atoms with Crippen LogP contribution in [-0.2, 0) is 0 Å². The van der Waals surface area contributed by atoms with Gasteiger partial charge in [0.2, 0.25) is 5.89 Å². The van der Waals surface area contributed by atoms with E-state index in [9.17, 15) is 4.79 Å². The predicted octanol–water partition coefficient (Wildman–Crippen LogP) is 5.29. The maximum atomic E-state index is 12.6. The first-order chi connectivity index (χ1) is 15.4. The Hall–Kier alpha value is -3.62. The van der Waals surface area contributed by atoms with Gasteiger partial charge in [-0.1, -0.05) is 11.6 Å². The number of hydrogen-bond acceptors (Lipinski definition) is 6. The molecule has 3 aromatic carbocycles. The highest BCUT2D eigenvalue weighted by molar-refractivity contribution is 7.80. The number of methoxy groups -OCH3 is 2. The van der Waals surface area contributed by atoms with Crippen molar-refractivity contribution in [2.24, 2.45) is 0 Å². The van der Waals surface area contributed by atoms with Crippen molar-refractivity contribution < 1.29 is 18.7 Å². The summed E-state index contributed by atoms with van der Waals surface area (Å²) in [6, 6.07) is 17.5. The van der Waals surface area contributed by atoms with Gasteiger partial charge in [-0.25, -0.2) is 4.98 Å². The first-order valence-corrected chi connectivity index (χ1v) is 10.3. The lowest BCUT2D eigenvalue weighted by molar-refractivity contribution is 0.0977. The van der Waals surface area contributed by atoms with E-state index in [0.717, 1.165) is 5.56 Å². The molecule has 0 atom stereocenters. The minimum Gasteiger partial charge on any atom is -0.497 e. The van der Waals surface area contributed by atoms with Crippen molar-refractivity contribution in [1.29, 1.82) is 0 Å². The topological polar surface area (TPSA) is 85.6 Å². The van der Waals surface area contributed by atoms with Crippen molar-refractivity contribution >= 4 is 51.6 Å². The zero-order chi connectivity index (χ0) is 22.7. The first-order valence-electron chi connectivity index (χ1n) is 9.47. The third kappa shape index (κ3) is 4.82. The number of nitrogens with zero attached hydrogens (tertiary/aromatic N) is 1. The fraction of sp³-hybridized carbons (Fsp3) is 0.0870. The molecule has 2 N–H and O–H groups in total. The van der Waals surface area contributed by atoms with E-state index in [4.69, 9.17) is 37.7 Å². The van der Waals surface area contributed by atoms with Crippen LogP contribution in [0.15, 0.2) is 65.1 Å². The molecule has 0 aliphatic carbocycles. The van der Waals surface area contributed by atoms with E-state index in [1.807, 2.05) is 24.3 Å². The molecule has 0 spiro atoms. The fourth-order valence-electron chi connectivity index (χ4n) is 3.00. The SMILES string of the molecule is COc1cc(OC)cc(C(=O)NC(=S)Nc2ccc(-c3nc4cc(Cl)ccc4o3)cc2)c1. The molecule has 9 heteroatoms. The number of amides is 1. The number of nitrogens with one attached hydrogen (secondary N) is 2. The molecule has 0 bridgehead atoms. The van der Waals surface area contributed by atoms with Gasteiger partial charge in [-0.05, 0) is 66.8 Å². The number of halogens is 1. The summed E-state index contributed by atoms with van der Waals surface area (Å²) in [5.41, 5.74) is 3.19. The second-order valence-electron chi connectivity index (χ2n) is 6.72. The number of hydrogen-bond donors (Lipinski definition) is 2. The summed E-state index contributed by atoms with van der Waals surface area (Å²) in [6.07, 6.45) is 0. The standard InChI is InChI=1S/C23H18ClN3O4S/c1-29-17-9-14(10-18(12-17)30-2)21(28)27-23(32)25-16-6-3-13(4-7-16)22-26-19-11-15(24)5-8-20(19)31-22/h3-12H,1-2H3,(H2,25,27,28,32). The maximum Gasteiger partial charge on any atom is 0.257 e. The average Bonchev–Trinajstić information content (AvgIpc) is 3.22. The fourth-order valence-corrected chi connectivity index (χ4v) is 3.37. The van der Waals surface area contributed by atoms with Crippen molar-refractivity contribution in [2.45, 2.75) is 0 Å². The third-order valence-electron chi connectivity index (χ3n) is 4.58. The van der Waals surface area contributed by atoms with Crippen LogP contribution < -0.4 is 20.1 Å². The molecule has 32 heavy (non-hydrogen) atoms. The molecule has 0 aliphatic rings. The second-order valence-corrected chi connectivity index (χ2v) is 7.56. The molecule has 4 aromatic rings. The molecule has 0 fully saturated rings. The Morgan fingerprint density at radius 2 is 1.69 bits per heavy atom. The lowest BCUT2D eigenvalue weighted by Crippen LogP contribution is -2.34. The smallest absolute Gasteiger partial charge is 0.257 e. The summed E-state index contributed by atoms with van der Waals surface area (Å²) in [7, 11) is 3.03. The van der Waals surface area contributed by atoms with Crippen molar-refractivity contribution in [2.75, 3.05) is 19.5 Å². The summed E-state index contributed by atoms with van der Waals surface area (Å²) in [5, 5.41) is 6.38. The van der Waals surface area contributed by atoms with Crippen LogP contribution in [0.1, 0.15) is 10.4 Å². The summed E-state index contributed by atoms with van der Waals surface area (Å²) < 4.78 is 16.2. The number of fused-ring (bicyclic) bond motifs is 1. The van der Waals surface area contributed by atoms with Gasteiger partial charge in [0.05, 0.1) is 14.2 Å². The van der Waals surface area contributed by atoms with Gasteiger partial charge in [0, 0.05) is 27.9 Å². The molecule has 1 heterocycles. The number of carbonyl (C=O) groups is 1. The second kappa shape index (κ2) is 9.25. The molecule has 1 aromatic heterocycles. The van der Waals surface area contributed by atoms with Crippen LogP contribution >= 0.6 is 23.8 Å². The first kappa shape index (κ1) is 21.6. The monoisotopic (exact) mass is 467 g/mol. The molecule has 162 valence electrons. The van der Waals surface area contributed by atoms with Crippen LogP contribution in [0.3, 0.4) is 0 Å². The number of oxazole rings is 1. The van der Waals surface area contributed by atoms with Crippen LogP contribution in [0.2, 0.25) is 5.02 Å². The molecule has 0 aliphatic heterocycles. The number of carbonyl (C=O) groups excluding carboxylic acids is 1. The maximum absolute atomic E-state index is 12.6. The zero-order valence-electron chi connectivity index (χ0n) is 17.1. The zero-order valence-corrected chi connectivity index (χ0v) is 18.7. The van der Waals surface area contributed by atoms with E-state index >= 15 is 0 Å². The number of rotatable bonds is 5. The minimum atomic E-state index is -0.388. The quantitative estimate of drug-likeness (QED) is 0.385. The molecule has 0 unspecified atom stereocenters. The number of anilines is 1. The van der Waals surface area contributed by atoms with Crippen LogP contribution in [0.25, 0.3) is 22.6 Å². The summed E-state index contributed by atoms with van der Waals surface area (Å²) >= 11 is 11.3. The molecule has 0 radical (unpaired) electrons. The Balaban J connectivity index is 1.43. The highest BCUT2D eigenvalue weighted by Gasteiger charge is 2.12. The highest BCUT2D eigenvalue weighted by Crippen LogP contribution is 2.27. The van der Waals surface area contributed by atoms with Gasteiger partial charge in [-0.15, -0.1) is 0 Å². The van der Waals surface area contributed by atoms with E-state index < -0.39 is 0 Å². The third-order valence-corrected chi connectivity index (χ3v) is 5.02. The van der Waals surface area contributed by atoms with Gasteiger partial charge >= 0.3 is 0 Å². The molecule has 0 saturated carbocycles. The molecular formula is C23H18ClN3O4S. The minimum absolute atomic E-state index is 0.154. The summed E-state index contributed by atoms with van der Waals surface area (Å²) in [4.78, 5) is 17.0. The van der Waals surface area contributed by atoms with E-state index in [0.29, 0.717) is 44.8 Å². The number of benzene rings is 3. The Morgan fingerprint density at radius 3 is 2.34 bits per heavy atom. The molecule has 7 nitrogen and oxygen atoms in total. The van der Waals surface area contributed by atoms with E-state index in [2.05, 4.69) is 15.6 Å². The molecule has 4 rings (SSSR count). The average molecular weight is 468 g/mol. The molecule has 0 saturated heterocycles. The Bertz CT molecular complexity index is 1280. The Kier molecular flexibility index (Phi) is 6.25. The van der Waals surface area contributed by atoms with E-state index in [1.54, 1.807) is 36.4 Å². The number of ether oxygens (including phenoxy) is 2. The van der Waals surface area contributed by atoms with Gasteiger partial charge in [0.25, 0.3) is 5.91 Å². The van der Waals surface area contributed by atoms with E-state index in [1.165, 1.54) is 14.2 Å². The lowest BCUT2D eigenvalue weighted by Gasteiger charge is -2.11. The van der Waals surface area contributed by atoms with Gasteiger partial charge in [0.15, 0.2) is 10.7 Å². The molecule has 1 amide bonds. The van der Waals surface area contributed by atoms with Crippen molar-refractivity contribution in [3.63, 3.8) is 0 Å².